The number of carboxylic acid groups (broad SMARTS) is 1. The summed E-state index contributed by atoms with van der Waals surface area (Å²) in [4.78, 5) is 36.0. The van der Waals surface area contributed by atoms with Crippen LogP contribution in [0.3, 0.4) is 0 Å². The molecule has 0 aromatic carbocycles. The molecule has 0 aromatic heterocycles. The lowest BCUT2D eigenvalue weighted by atomic mass is 9.51. The number of hydrogen-bond donors (Lipinski definition) is 3. The van der Waals surface area contributed by atoms with Crippen LogP contribution in [0.2, 0.25) is 0 Å². The Morgan fingerprint density at radius 2 is 2.00 bits per heavy atom. The molecule has 7 atom stereocenters. The number of aliphatic hydroxyl groups is 2. The molecule has 0 spiro atoms. The lowest BCUT2D eigenvalue weighted by Gasteiger charge is -2.53. The molecule has 6 heteroatoms. The second-order valence-corrected chi connectivity index (χ2v) is 10.0. The van der Waals surface area contributed by atoms with Crippen molar-refractivity contribution in [2.75, 3.05) is 0 Å². The lowest BCUT2D eigenvalue weighted by Crippen LogP contribution is -2.59. The minimum Gasteiger partial charge on any atom is -0.481 e. The highest BCUT2D eigenvalue weighted by Crippen LogP contribution is 2.66. The van der Waals surface area contributed by atoms with Crippen molar-refractivity contribution in [3.05, 3.63) is 35.5 Å². The number of allylic oxidation sites excluding steroid dienone is 6. The van der Waals surface area contributed by atoms with E-state index in [4.69, 9.17) is 5.11 Å². The molecule has 2 saturated carbocycles. The fourth-order valence-corrected chi connectivity index (χ4v) is 6.90. The SMILES string of the molecule is CC1C[C@H]2[C@@H]3CCC4=CC(=O)C=C[C@]4(C)C3=CC[C@]2(C)[C@@]1(O)C(=O)C(O)CC(=O)O. The molecule has 162 valence electrons. The molecule has 0 heterocycles. The average molecular weight is 414 g/mol. The van der Waals surface area contributed by atoms with Crippen molar-refractivity contribution in [1.29, 1.82) is 0 Å². The van der Waals surface area contributed by atoms with Gasteiger partial charge in [0.2, 0.25) is 0 Å². The standard InChI is InChI=1S/C24H30O6/c1-13-10-18-16-5-4-14-11-15(25)6-8-22(14,2)17(16)7-9-23(18,3)24(13,30)21(29)19(26)12-20(27)28/h6-8,11,13,16,18-19,26,30H,4-5,9-10,12H2,1-3H3,(H,27,28)/t13?,16-,18+,19?,22+,23+,24+/m1/s1. The minimum atomic E-state index is -1.77. The summed E-state index contributed by atoms with van der Waals surface area (Å²) in [5, 5.41) is 30.9. The zero-order chi connectivity index (χ0) is 22.1. The normalized spacial score (nSPS) is 43.1. The quantitative estimate of drug-likeness (QED) is 0.610. The van der Waals surface area contributed by atoms with E-state index in [0.29, 0.717) is 12.8 Å². The van der Waals surface area contributed by atoms with Gasteiger partial charge in [-0.25, -0.2) is 0 Å². The molecule has 0 bridgehead atoms. The third kappa shape index (κ3) is 2.66. The van der Waals surface area contributed by atoms with Crippen molar-refractivity contribution < 1.29 is 29.7 Å². The highest BCUT2D eigenvalue weighted by atomic mass is 16.4. The van der Waals surface area contributed by atoms with Crippen molar-refractivity contribution in [1.82, 2.24) is 0 Å². The average Bonchev–Trinajstić information content (AvgIpc) is 2.88. The van der Waals surface area contributed by atoms with Gasteiger partial charge in [-0.05, 0) is 62.5 Å². The molecule has 0 aromatic rings. The van der Waals surface area contributed by atoms with Crippen LogP contribution in [0.4, 0.5) is 0 Å². The largest absolute Gasteiger partial charge is 0.481 e. The summed E-state index contributed by atoms with van der Waals surface area (Å²) in [7, 11) is 0. The van der Waals surface area contributed by atoms with Gasteiger partial charge in [0.25, 0.3) is 0 Å². The Morgan fingerprint density at radius 1 is 1.30 bits per heavy atom. The van der Waals surface area contributed by atoms with Crippen LogP contribution in [-0.2, 0) is 14.4 Å². The van der Waals surface area contributed by atoms with Crippen LogP contribution in [0, 0.1) is 28.6 Å². The first-order chi connectivity index (χ1) is 13.9. The second kappa shape index (κ2) is 6.72. The molecular formula is C24H30O6. The van der Waals surface area contributed by atoms with Crippen LogP contribution in [0.25, 0.3) is 0 Å². The smallest absolute Gasteiger partial charge is 0.306 e. The van der Waals surface area contributed by atoms with Crippen molar-refractivity contribution in [3.63, 3.8) is 0 Å². The lowest BCUT2D eigenvalue weighted by molar-refractivity contribution is -0.169. The molecule has 4 aliphatic carbocycles. The fourth-order valence-electron chi connectivity index (χ4n) is 6.90. The Labute approximate surface area is 176 Å². The molecule has 4 rings (SSSR count). The van der Waals surface area contributed by atoms with E-state index < -0.39 is 35.3 Å². The number of fused-ring (bicyclic) bond motifs is 5. The molecule has 4 aliphatic rings. The maximum atomic E-state index is 13.1. The summed E-state index contributed by atoms with van der Waals surface area (Å²) in [6.07, 6.45) is 7.80. The van der Waals surface area contributed by atoms with Crippen LogP contribution in [0.5, 0.6) is 0 Å². The van der Waals surface area contributed by atoms with Gasteiger partial charge in [-0.15, -0.1) is 0 Å². The Balaban J connectivity index is 1.73. The highest BCUT2D eigenvalue weighted by Gasteiger charge is 2.67. The van der Waals surface area contributed by atoms with Gasteiger partial charge in [0, 0.05) is 10.8 Å². The Morgan fingerprint density at radius 3 is 2.67 bits per heavy atom. The Hall–Kier alpha value is -2.05. The van der Waals surface area contributed by atoms with Crippen molar-refractivity contribution in [2.24, 2.45) is 28.6 Å². The number of ketones is 2. The van der Waals surface area contributed by atoms with Crippen LogP contribution < -0.4 is 0 Å². The van der Waals surface area contributed by atoms with Gasteiger partial charge in [0.15, 0.2) is 11.6 Å². The first-order valence-corrected chi connectivity index (χ1v) is 10.8. The summed E-state index contributed by atoms with van der Waals surface area (Å²) in [5.74, 6) is -2.19. The molecule has 0 amide bonds. The molecule has 6 nitrogen and oxygen atoms in total. The summed E-state index contributed by atoms with van der Waals surface area (Å²) >= 11 is 0. The first kappa shape index (κ1) is 21.2. The van der Waals surface area contributed by atoms with Gasteiger partial charge in [-0.1, -0.05) is 37.1 Å². The number of aliphatic hydroxyl groups excluding tert-OH is 1. The molecule has 2 fully saturated rings. The van der Waals surface area contributed by atoms with Gasteiger partial charge in [0.05, 0.1) is 6.42 Å². The maximum Gasteiger partial charge on any atom is 0.306 e. The van der Waals surface area contributed by atoms with Crippen LogP contribution in [-0.4, -0.2) is 44.6 Å². The highest BCUT2D eigenvalue weighted by molar-refractivity contribution is 6.01. The Bertz CT molecular complexity index is 913. The van der Waals surface area contributed by atoms with E-state index in [1.165, 1.54) is 5.57 Å². The number of carboxylic acids is 1. The van der Waals surface area contributed by atoms with Gasteiger partial charge < -0.3 is 15.3 Å². The predicted molar refractivity (Wildman–Crippen MR) is 109 cm³/mol. The molecule has 3 N–H and O–H groups in total. The molecule has 30 heavy (non-hydrogen) atoms. The van der Waals surface area contributed by atoms with Crippen LogP contribution >= 0.6 is 0 Å². The van der Waals surface area contributed by atoms with Gasteiger partial charge >= 0.3 is 5.97 Å². The van der Waals surface area contributed by atoms with E-state index in [1.807, 2.05) is 19.9 Å². The van der Waals surface area contributed by atoms with E-state index in [1.54, 1.807) is 12.2 Å². The summed E-state index contributed by atoms with van der Waals surface area (Å²) in [5.41, 5.74) is -0.487. The molecule has 2 unspecified atom stereocenters. The predicted octanol–water partition coefficient (Wildman–Crippen LogP) is 2.60. The van der Waals surface area contributed by atoms with Gasteiger partial charge in [-0.3, -0.25) is 14.4 Å². The summed E-state index contributed by atoms with van der Waals surface area (Å²) < 4.78 is 0. The van der Waals surface area contributed by atoms with Crippen LogP contribution in [0.15, 0.2) is 35.5 Å². The number of hydrogen-bond acceptors (Lipinski definition) is 5. The molecule has 0 saturated heterocycles. The topological polar surface area (TPSA) is 112 Å². The number of Topliss-reactive ketones (excluding diaryl/α,β-unsaturated/α-hetero) is 1. The monoisotopic (exact) mass is 414 g/mol. The van der Waals surface area contributed by atoms with Gasteiger partial charge in [-0.2, -0.15) is 0 Å². The van der Waals surface area contributed by atoms with E-state index >= 15 is 0 Å². The third-order valence-corrected chi connectivity index (χ3v) is 8.58. The summed E-state index contributed by atoms with van der Waals surface area (Å²) in [6, 6.07) is 0. The molecular weight excluding hydrogens is 384 g/mol. The second-order valence-electron chi connectivity index (χ2n) is 10.0. The van der Waals surface area contributed by atoms with Crippen molar-refractivity contribution in [3.8, 4) is 0 Å². The number of carbonyl (C=O) groups excluding carboxylic acids is 2. The number of rotatable bonds is 4. The van der Waals surface area contributed by atoms with E-state index in [9.17, 15) is 24.6 Å². The Kier molecular flexibility index (Phi) is 4.75. The number of aliphatic carboxylic acids is 1. The van der Waals surface area contributed by atoms with E-state index in [0.717, 1.165) is 18.4 Å². The molecule has 0 aliphatic heterocycles. The zero-order valence-corrected chi connectivity index (χ0v) is 17.7. The zero-order valence-electron chi connectivity index (χ0n) is 17.7. The maximum absolute atomic E-state index is 13.1. The summed E-state index contributed by atoms with van der Waals surface area (Å²) in [6.45, 7) is 5.87. The van der Waals surface area contributed by atoms with E-state index in [-0.39, 0.29) is 29.0 Å². The van der Waals surface area contributed by atoms with Crippen molar-refractivity contribution in [2.45, 2.75) is 64.6 Å². The third-order valence-electron chi connectivity index (χ3n) is 8.58. The minimum absolute atomic E-state index is 0.0176. The van der Waals surface area contributed by atoms with Crippen LogP contribution in [0.1, 0.15) is 52.9 Å². The first-order valence-electron chi connectivity index (χ1n) is 10.8. The molecule has 0 radical (unpaired) electrons. The van der Waals surface area contributed by atoms with Gasteiger partial charge in [0.1, 0.15) is 11.7 Å². The fraction of sp³-hybridized carbons (Fsp3) is 0.625. The van der Waals surface area contributed by atoms with Crippen molar-refractivity contribution >= 4 is 17.5 Å². The van der Waals surface area contributed by atoms with E-state index in [2.05, 4.69) is 13.0 Å². The number of carbonyl (C=O) groups is 3.